The Hall–Kier alpha value is -1.92. The molecule has 118 valence electrons. The van der Waals surface area contributed by atoms with Crippen LogP contribution in [-0.2, 0) is 16.6 Å². The molecule has 0 amide bonds. The Morgan fingerprint density at radius 1 is 1.14 bits per heavy atom. The number of nitrogens with zero attached hydrogens (tertiary/aromatic N) is 2. The van der Waals surface area contributed by atoms with E-state index in [1.807, 2.05) is 32.0 Å². The molecule has 0 saturated heterocycles. The first kappa shape index (κ1) is 16.5. The number of aromatic nitrogens is 1. The molecule has 0 aliphatic rings. The maximum Gasteiger partial charge on any atom is 0.246 e. The van der Waals surface area contributed by atoms with Crippen LogP contribution in [0.2, 0.25) is 0 Å². The summed E-state index contributed by atoms with van der Waals surface area (Å²) >= 11 is 0. The minimum absolute atomic E-state index is 0.0263. The third kappa shape index (κ3) is 3.28. The third-order valence-electron chi connectivity index (χ3n) is 3.60. The fourth-order valence-corrected chi connectivity index (χ4v) is 3.52. The number of sulfonamides is 1. The van der Waals surface area contributed by atoms with Crippen LogP contribution in [0, 0.1) is 20.8 Å². The molecular weight excluding hydrogens is 298 g/mol. The molecule has 0 bridgehead atoms. The molecule has 2 rings (SSSR count). The van der Waals surface area contributed by atoms with Crippen LogP contribution in [0.1, 0.15) is 22.3 Å². The van der Waals surface area contributed by atoms with Crippen molar-refractivity contribution in [1.29, 1.82) is 0 Å². The Morgan fingerprint density at radius 3 is 2.50 bits per heavy atom. The van der Waals surface area contributed by atoms with Crippen molar-refractivity contribution in [2.24, 2.45) is 0 Å². The van der Waals surface area contributed by atoms with Gasteiger partial charge in [0, 0.05) is 19.8 Å². The fourth-order valence-electron chi connectivity index (χ4n) is 2.22. The van der Waals surface area contributed by atoms with Crippen molar-refractivity contribution in [2.45, 2.75) is 32.2 Å². The van der Waals surface area contributed by atoms with Crippen LogP contribution >= 0.6 is 0 Å². The molecule has 0 saturated carbocycles. The van der Waals surface area contributed by atoms with Gasteiger partial charge in [-0.15, -0.1) is 0 Å². The molecule has 0 aliphatic carbocycles. The third-order valence-corrected chi connectivity index (χ3v) is 5.44. The second-order valence-corrected chi connectivity index (χ2v) is 7.60. The van der Waals surface area contributed by atoms with Gasteiger partial charge in [0.2, 0.25) is 10.0 Å². The fraction of sp³-hybridized carbons (Fsp3) is 0.312. The van der Waals surface area contributed by atoms with E-state index in [-0.39, 0.29) is 10.7 Å². The minimum Gasteiger partial charge on any atom is -0.383 e. The van der Waals surface area contributed by atoms with E-state index in [0.29, 0.717) is 6.54 Å². The van der Waals surface area contributed by atoms with Crippen molar-refractivity contribution in [1.82, 2.24) is 9.29 Å². The molecule has 0 atom stereocenters. The van der Waals surface area contributed by atoms with Crippen molar-refractivity contribution in [3.63, 3.8) is 0 Å². The summed E-state index contributed by atoms with van der Waals surface area (Å²) in [6.45, 7) is 6.04. The molecule has 5 nitrogen and oxygen atoms in total. The first-order valence-corrected chi connectivity index (χ1v) is 8.40. The number of hydrogen-bond donors (Lipinski definition) is 1. The molecule has 0 spiro atoms. The zero-order chi connectivity index (χ0) is 16.5. The average Bonchev–Trinajstić information content (AvgIpc) is 2.45. The van der Waals surface area contributed by atoms with Gasteiger partial charge in [0.1, 0.15) is 10.7 Å². The van der Waals surface area contributed by atoms with Gasteiger partial charge in [-0.05, 0) is 43.5 Å². The first-order chi connectivity index (χ1) is 10.2. The number of benzene rings is 1. The average molecular weight is 319 g/mol. The molecule has 0 aliphatic heterocycles. The van der Waals surface area contributed by atoms with Crippen molar-refractivity contribution in [3.05, 3.63) is 52.7 Å². The molecule has 2 N–H and O–H groups in total. The number of nitrogens with two attached hydrogens (primary N) is 1. The Balaban J connectivity index is 2.37. The van der Waals surface area contributed by atoms with Gasteiger partial charge in [0.05, 0.1) is 0 Å². The SMILES string of the molecule is Cc1ccc(C)c(CN(C)S(=O)(=O)c2cc(C)cnc2N)c1. The predicted molar refractivity (Wildman–Crippen MR) is 88.0 cm³/mol. The van der Waals surface area contributed by atoms with E-state index < -0.39 is 10.0 Å². The monoisotopic (exact) mass is 319 g/mol. The van der Waals surface area contributed by atoms with Crippen LogP contribution in [0.15, 0.2) is 35.4 Å². The zero-order valence-corrected chi connectivity index (χ0v) is 14.1. The molecule has 22 heavy (non-hydrogen) atoms. The lowest BCUT2D eigenvalue weighted by atomic mass is 10.1. The van der Waals surface area contributed by atoms with Crippen LogP contribution in [0.3, 0.4) is 0 Å². The molecule has 0 radical (unpaired) electrons. The summed E-state index contributed by atoms with van der Waals surface area (Å²) in [4.78, 5) is 3.99. The quantitative estimate of drug-likeness (QED) is 0.939. The maximum atomic E-state index is 12.7. The molecular formula is C16H21N3O2S. The Labute approximate surface area is 131 Å². The Kier molecular flexibility index (Phi) is 4.53. The van der Waals surface area contributed by atoms with Crippen LogP contribution in [-0.4, -0.2) is 24.8 Å². The topological polar surface area (TPSA) is 76.3 Å². The highest BCUT2D eigenvalue weighted by Crippen LogP contribution is 2.23. The second kappa shape index (κ2) is 6.06. The molecule has 0 unspecified atom stereocenters. The molecule has 1 heterocycles. The lowest BCUT2D eigenvalue weighted by Gasteiger charge is -2.19. The second-order valence-electron chi connectivity index (χ2n) is 5.59. The summed E-state index contributed by atoms with van der Waals surface area (Å²) in [5.41, 5.74) is 9.64. The van der Waals surface area contributed by atoms with Crippen LogP contribution < -0.4 is 5.73 Å². The number of anilines is 1. The lowest BCUT2D eigenvalue weighted by Crippen LogP contribution is -2.28. The predicted octanol–water partition coefficient (Wildman–Crippen LogP) is 2.41. The number of aryl methyl sites for hydroxylation is 3. The van der Waals surface area contributed by atoms with Gasteiger partial charge in [-0.2, -0.15) is 4.31 Å². The van der Waals surface area contributed by atoms with Crippen molar-refractivity contribution < 1.29 is 8.42 Å². The smallest absolute Gasteiger partial charge is 0.246 e. The highest BCUT2D eigenvalue weighted by atomic mass is 32.2. The molecule has 1 aromatic heterocycles. The number of pyridine rings is 1. The molecule has 2 aromatic rings. The highest BCUT2D eigenvalue weighted by molar-refractivity contribution is 7.89. The van der Waals surface area contributed by atoms with Gasteiger partial charge < -0.3 is 5.73 Å². The first-order valence-electron chi connectivity index (χ1n) is 6.96. The number of rotatable bonds is 4. The normalized spacial score (nSPS) is 11.9. The van der Waals surface area contributed by atoms with E-state index in [9.17, 15) is 8.42 Å². The summed E-state index contributed by atoms with van der Waals surface area (Å²) < 4.78 is 26.7. The van der Waals surface area contributed by atoms with Crippen LogP contribution in [0.4, 0.5) is 5.82 Å². The summed E-state index contributed by atoms with van der Waals surface area (Å²) in [6.07, 6.45) is 1.55. The molecule has 6 heteroatoms. The number of nitrogen functional groups attached to an aromatic ring is 1. The van der Waals surface area contributed by atoms with Gasteiger partial charge in [-0.25, -0.2) is 13.4 Å². The van der Waals surface area contributed by atoms with E-state index in [2.05, 4.69) is 4.98 Å². The van der Waals surface area contributed by atoms with Gasteiger partial charge in [-0.3, -0.25) is 0 Å². The lowest BCUT2D eigenvalue weighted by molar-refractivity contribution is 0.466. The molecule has 0 fully saturated rings. The molecule has 1 aromatic carbocycles. The summed E-state index contributed by atoms with van der Waals surface area (Å²) in [5, 5.41) is 0. The zero-order valence-electron chi connectivity index (χ0n) is 13.3. The van der Waals surface area contributed by atoms with E-state index >= 15 is 0 Å². The Bertz CT molecular complexity index is 801. The van der Waals surface area contributed by atoms with E-state index in [1.165, 1.54) is 4.31 Å². The highest BCUT2D eigenvalue weighted by Gasteiger charge is 2.24. The van der Waals surface area contributed by atoms with Crippen molar-refractivity contribution in [3.8, 4) is 0 Å². The maximum absolute atomic E-state index is 12.7. The van der Waals surface area contributed by atoms with Crippen molar-refractivity contribution in [2.75, 3.05) is 12.8 Å². The van der Waals surface area contributed by atoms with E-state index in [1.54, 1.807) is 26.2 Å². The summed E-state index contributed by atoms with van der Waals surface area (Å²) in [6, 6.07) is 7.56. The van der Waals surface area contributed by atoms with Gasteiger partial charge in [0.15, 0.2) is 0 Å². The van der Waals surface area contributed by atoms with E-state index in [0.717, 1.165) is 22.3 Å². The van der Waals surface area contributed by atoms with Gasteiger partial charge in [-0.1, -0.05) is 23.8 Å². The summed E-state index contributed by atoms with van der Waals surface area (Å²) in [5.74, 6) is 0.0263. The van der Waals surface area contributed by atoms with Crippen molar-refractivity contribution >= 4 is 15.8 Å². The van der Waals surface area contributed by atoms with Crippen LogP contribution in [0.5, 0.6) is 0 Å². The number of hydrogen-bond acceptors (Lipinski definition) is 4. The minimum atomic E-state index is -3.67. The van der Waals surface area contributed by atoms with Gasteiger partial charge in [0.25, 0.3) is 0 Å². The largest absolute Gasteiger partial charge is 0.383 e. The summed E-state index contributed by atoms with van der Waals surface area (Å²) in [7, 11) is -2.12. The van der Waals surface area contributed by atoms with E-state index in [4.69, 9.17) is 5.73 Å². The van der Waals surface area contributed by atoms with Crippen LogP contribution in [0.25, 0.3) is 0 Å². The van der Waals surface area contributed by atoms with Gasteiger partial charge >= 0.3 is 0 Å². The Morgan fingerprint density at radius 2 is 1.82 bits per heavy atom. The standard InChI is InChI=1S/C16H21N3O2S/c1-11-5-6-13(3)14(7-11)10-19(4)22(20,21)15-8-12(2)9-18-16(15)17/h5-9H,10H2,1-4H3,(H2,17,18).